The number of ether oxygens (including phenoxy) is 2. The summed E-state index contributed by atoms with van der Waals surface area (Å²) in [5.41, 5.74) is 0.0460. The molecule has 6 nitrogen and oxygen atoms in total. The summed E-state index contributed by atoms with van der Waals surface area (Å²) in [6, 6.07) is 8.71. The zero-order chi connectivity index (χ0) is 15.7. The van der Waals surface area contributed by atoms with Gasteiger partial charge >= 0.3 is 11.9 Å². The van der Waals surface area contributed by atoms with E-state index in [0.29, 0.717) is 5.30 Å². The number of methoxy groups -OCH3 is 1. The molecule has 0 heterocycles. The fourth-order valence-corrected chi connectivity index (χ4v) is 2.25. The van der Waals surface area contributed by atoms with E-state index in [0.717, 1.165) is 0 Å². The first-order valence-corrected chi connectivity index (χ1v) is 7.50. The van der Waals surface area contributed by atoms with E-state index >= 15 is 0 Å². The molecule has 0 saturated heterocycles. The smallest absolute Gasteiger partial charge is 0.336 e. The summed E-state index contributed by atoms with van der Waals surface area (Å²) in [7, 11) is -1.15. The van der Waals surface area contributed by atoms with Crippen LogP contribution in [0.2, 0.25) is 0 Å². The fourth-order valence-electron chi connectivity index (χ4n) is 1.33. The number of esters is 2. The van der Waals surface area contributed by atoms with Crippen LogP contribution in [0.5, 0.6) is 0 Å². The quantitative estimate of drug-likeness (QED) is 0.411. The van der Waals surface area contributed by atoms with Crippen LogP contribution in [0.25, 0.3) is 0 Å². The number of rotatable bonds is 8. The van der Waals surface area contributed by atoms with Crippen LogP contribution in [0.15, 0.2) is 42.5 Å². The predicted octanol–water partition coefficient (Wildman–Crippen LogP) is 1.47. The lowest BCUT2D eigenvalue weighted by molar-refractivity contribution is -0.144. The molecule has 0 spiro atoms. The van der Waals surface area contributed by atoms with Crippen molar-refractivity contribution >= 4 is 25.3 Å². The van der Waals surface area contributed by atoms with Crippen molar-refractivity contribution in [3.05, 3.63) is 42.5 Å². The summed E-state index contributed by atoms with van der Waals surface area (Å²) >= 11 is 0. The first kappa shape index (κ1) is 17.1. The third-order valence-corrected chi connectivity index (χ3v) is 3.70. The average molecular weight is 312 g/mol. The SMILES string of the molecule is C=C(COC(=O)CCO[PH](=O)c1ccccc1)C(=O)OC. The maximum absolute atomic E-state index is 11.8. The molecule has 1 aromatic carbocycles. The monoisotopic (exact) mass is 312 g/mol. The molecule has 0 aliphatic rings. The molecule has 1 aromatic rings. The Morgan fingerprint density at radius 1 is 1.24 bits per heavy atom. The van der Waals surface area contributed by atoms with E-state index in [2.05, 4.69) is 11.3 Å². The highest BCUT2D eigenvalue weighted by molar-refractivity contribution is 7.48. The predicted molar refractivity (Wildman–Crippen MR) is 77.8 cm³/mol. The molecule has 0 aliphatic heterocycles. The van der Waals surface area contributed by atoms with Crippen molar-refractivity contribution in [2.75, 3.05) is 20.3 Å². The second-order valence-corrected chi connectivity index (χ2v) is 5.45. The zero-order valence-corrected chi connectivity index (χ0v) is 12.7. The molecule has 0 N–H and O–H groups in total. The third-order valence-electron chi connectivity index (χ3n) is 2.43. The second kappa shape index (κ2) is 9.10. The van der Waals surface area contributed by atoms with Gasteiger partial charge in [-0.3, -0.25) is 9.36 Å². The molecule has 0 aromatic heterocycles. The van der Waals surface area contributed by atoms with Gasteiger partial charge in [-0.15, -0.1) is 0 Å². The topological polar surface area (TPSA) is 78.9 Å². The van der Waals surface area contributed by atoms with Crippen molar-refractivity contribution in [3.8, 4) is 0 Å². The number of benzene rings is 1. The molecule has 7 heteroatoms. The number of carbonyl (C=O) groups excluding carboxylic acids is 2. The Labute approximate surface area is 123 Å². The van der Waals surface area contributed by atoms with Crippen LogP contribution in [0.4, 0.5) is 0 Å². The minimum Gasteiger partial charge on any atom is -0.466 e. The van der Waals surface area contributed by atoms with Gasteiger partial charge in [0.05, 0.1) is 25.7 Å². The van der Waals surface area contributed by atoms with Crippen LogP contribution in [0, 0.1) is 0 Å². The van der Waals surface area contributed by atoms with Gasteiger partial charge in [-0.1, -0.05) is 24.8 Å². The molecule has 114 valence electrons. The van der Waals surface area contributed by atoms with Crippen LogP contribution in [-0.4, -0.2) is 32.3 Å². The van der Waals surface area contributed by atoms with Crippen LogP contribution in [-0.2, 0) is 28.2 Å². The second-order valence-electron chi connectivity index (χ2n) is 4.01. The van der Waals surface area contributed by atoms with E-state index in [1.807, 2.05) is 6.07 Å². The standard InChI is InChI=1S/C14H17O6P/c1-11(14(16)18-2)10-19-13(15)8-9-20-21(17)12-6-4-3-5-7-12/h3-7,21H,1,8-10H2,2H3. The molecule has 0 aliphatic carbocycles. The summed E-state index contributed by atoms with van der Waals surface area (Å²) in [6.45, 7) is 3.16. The Morgan fingerprint density at radius 2 is 1.90 bits per heavy atom. The molecule has 0 fully saturated rings. The van der Waals surface area contributed by atoms with Crippen molar-refractivity contribution in [1.82, 2.24) is 0 Å². The summed E-state index contributed by atoms with van der Waals surface area (Å²) < 4.78 is 26.1. The molecular formula is C14H17O6P. The Balaban J connectivity index is 2.23. The summed E-state index contributed by atoms with van der Waals surface area (Å²) in [6.07, 6.45) is -0.0578. The Bertz CT molecular complexity index is 526. The van der Waals surface area contributed by atoms with Crippen LogP contribution < -0.4 is 5.30 Å². The average Bonchev–Trinajstić information content (AvgIpc) is 2.52. The molecular weight excluding hydrogens is 295 g/mol. The van der Waals surface area contributed by atoms with E-state index in [1.54, 1.807) is 24.3 Å². The lowest BCUT2D eigenvalue weighted by Crippen LogP contribution is -2.14. The maximum atomic E-state index is 11.8. The van der Waals surface area contributed by atoms with Gasteiger partial charge in [-0.2, -0.15) is 0 Å². The fraction of sp³-hybridized carbons (Fsp3) is 0.286. The van der Waals surface area contributed by atoms with Crippen LogP contribution in [0.3, 0.4) is 0 Å². The number of hydrogen-bond acceptors (Lipinski definition) is 6. The van der Waals surface area contributed by atoms with E-state index in [9.17, 15) is 14.2 Å². The van der Waals surface area contributed by atoms with Crippen molar-refractivity contribution in [1.29, 1.82) is 0 Å². The largest absolute Gasteiger partial charge is 0.466 e. The molecule has 0 saturated carbocycles. The Morgan fingerprint density at radius 3 is 2.52 bits per heavy atom. The zero-order valence-electron chi connectivity index (χ0n) is 11.7. The normalized spacial score (nSPS) is 11.5. The van der Waals surface area contributed by atoms with Crippen molar-refractivity contribution < 1.29 is 28.2 Å². The van der Waals surface area contributed by atoms with Crippen molar-refractivity contribution in [3.63, 3.8) is 0 Å². The highest BCUT2D eigenvalue weighted by atomic mass is 31.1. The van der Waals surface area contributed by atoms with E-state index in [4.69, 9.17) is 9.26 Å². The molecule has 1 rings (SSSR count). The van der Waals surface area contributed by atoms with Gasteiger partial charge in [0, 0.05) is 5.30 Å². The van der Waals surface area contributed by atoms with Gasteiger partial charge < -0.3 is 14.0 Å². The summed E-state index contributed by atoms with van der Waals surface area (Å²) in [5, 5.41) is 0.593. The van der Waals surface area contributed by atoms with Crippen LogP contribution >= 0.6 is 8.03 Å². The molecule has 1 unspecified atom stereocenters. The van der Waals surface area contributed by atoms with Gasteiger partial charge in [0.2, 0.25) is 8.03 Å². The first-order chi connectivity index (χ1) is 10.0. The Kier molecular flexibility index (Phi) is 7.43. The number of hydrogen-bond donors (Lipinski definition) is 0. The summed E-state index contributed by atoms with van der Waals surface area (Å²) in [5.74, 6) is -1.20. The van der Waals surface area contributed by atoms with Crippen molar-refractivity contribution in [2.24, 2.45) is 0 Å². The molecule has 0 bridgehead atoms. The number of carbonyl (C=O) groups is 2. The molecule has 0 amide bonds. The van der Waals surface area contributed by atoms with Gasteiger partial charge in [0.1, 0.15) is 6.61 Å². The third kappa shape index (κ3) is 6.38. The van der Waals surface area contributed by atoms with E-state index < -0.39 is 20.0 Å². The highest BCUT2D eigenvalue weighted by Crippen LogP contribution is 2.21. The van der Waals surface area contributed by atoms with Crippen molar-refractivity contribution in [2.45, 2.75) is 6.42 Å². The van der Waals surface area contributed by atoms with Gasteiger partial charge in [-0.25, -0.2) is 4.79 Å². The van der Waals surface area contributed by atoms with E-state index in [1.165, 1.54) is 7.11 Å². The Hall–Kier alpha value is -1.91. The lowest BCUT2D eigenvalue weighted by atomic mass is 10.3. The van der Waals surface area contributed by atoms with Gasteiger partial charge in [0.15, 0.2) is 0 Å². The molecule has 21 heavy (non-hydrogen) atoms. The minimum atomic E-state index is -2.36. The van der Waals surface area contributed by atoms with E-state index in [-0.39, 0.29) is 25.2 Å². The maximum Gasteiger partial charge on any atom is 0.336 e. The highest BCUT2D eigenvalue weighted by Gasteiger charge is 2.11. The summed E-state index contributed by atoms with van der Waals surface area (Å²) in [4.78, 5) is 22.4. The first-order valence-electron chi connectivity index (χ1n) is 6.18. The van der Waals surface area contributed by atoms with Crippen LogP contribution in [0.1, 0.15) is 6.42 Å². The molecule has 0 radical (unpaired) electrons. The minimum absolute atomic E-state index is 0.0176. The van der Waals surface area contributed by atoms with Gasteiger partial charge in [-0.05, 0) is 12.1 Å². The molecule has 1 atom stereocenters. The van der Waals surface area contributed by atoms with Gasteiger partial charge in [0.25, 0.3) is 0 Å². The lowest BCUT2D eigenvalue weighted by Gasteiger charge is -2.06.